The highest BCUT2D eigenvalue weighted by molar-refractivity contribution is 5.85. The molecule has 19 heteroatoms. The molecule has 0 aromatic rings. The lowest BCUT2D eigenvalue weighted by molar-refractivity contribution is -0.355. The van der Waals surface area contributed by atoms with Crippen molar-refractivity contribution < 1.29 is 93.4 Å². The molecule has 0 bridgehead atoms. The molecule has 0 aromatic heterocycles. The van der Waals surface area contributed by atoms with Gasteiger partial charge in [0.15, 0.2) is 25.2 Å². The van der Waals surface area contributed by atoms with E-state index in [1.165, 1.54) is 0 Å². The molecule has 9 N–H and O–H groups in total. The highest BCUT2D eigenvalue weighted by Crippen LogP contribution is 2.70. The standard InChI is InChI=1S/C47H74O19/c1-20-41(64-36-16-30(50)42(21(2)60-36)65-37-17-31(51)43(22(3)61-37)66-44-40(56)39(55)38(54)32(18-48)63-44)29(49)15-35(59-20)62-25-8-10-45(4)24(13-25)6-7-27-28(45)14-33(52)46(5)26(9-11-47(27,46)57)23-12-34(53)58-19-23/h12,20-22,24-33,35-44,48-52,54-57H,6-11,13-19H2,1-5H3/t20?,21?,22?,24?,25?,26?,27?,28?,29?,30?,31?,32?,33-,35?,36?,37?,38?,39?,40?,41?,42?,43?,44?,45-,46-,47?/m0/s1. The fraction of sp³-hybridized carbons (Fsp3) is 0.936. The van der Waals surface area contributed by atoms with E-state index in [1.807, 2.05) is 13.8 Å². The number of carbonyl (C=O) groups excluding carboxylic acids is 1. The van der Waals surface area contributed by atoms with Crippen LogP contribution in [0.1, 0.15) is 105 Å². The Morgan fingerprint density at radius 1 is 0.652 bits per heavy atom. The molecular formula is C47H74O19. The van der Waals surface area contributed by atoms with Crippen molar-refractivity contribution in [3.63, 3.8) is 0 Å². The van der Waals surface area contributed by atoms with E-state index < -0.39 is 128 Å². The van der Waals surface area contributed by atoms with Crippen LogP contribution in [-0.4, -0.2) is 187 Å². The van der Waals surface area contributed by atoms with Crippen LogP contribution in [0.5, 0.6) is 0 Å². The first-order chi connectivity index (χ1) is 31.2. The second-order valence-corrected chi connectivity index (χ2v) is 21.6. The highest BCUT2D eigenvalue weighted by Gasteiger charge is 2.71. The van der Waals surface area contributed by atoms with E-state index >= 15 is 0 Å². The molecule has 0 aromatic carbocycles. The summed E-state index contributed by atoms with van der Waals surface area (Å²) in [5, 5.41) is 98.4. The molecular weight excluding hydrogens is 868 g/mol. The largest absolute Gasteiger partial charge is 0.458 e. The zero-order valence-corrected chi connectivity index (χ0v) is 38.7. The van der Waals surface area contributed by atoms with Gasteiger partial charge in [0.2, 0.25) is 0 Å². The maximum Gasteiger partial charge on any atom is 0.331 e. The zero-order chi connectivity index (χ0) is 47.2. The molecule has 23 unspecified atom stereocenters. The van der Waals surface area contributed by atoms with Crippen LogP contribution in [0.15, 0.2) is 11.6 Å². The Morgan fingerprint density at radius 3 is 1.77 bits per heavy atom. The Balaban J connectivity index is 0.737. The summed E-state index contributed by atoms with van der Waals surface area (Å²) < 4.78 is 53.9. The molecule has 4 aliphatic carbocycles. The lowest BCUT2D eigenvalue weighted by Gasteiger charge is -2.65. The fourth-order valence-electron chi connectivity index (χ4n) is 14.3. The second kappa shape index (κ2) is 18.9. The zero-order valence-electron chi connectivity index (χ0n) is 38.7. The minimum absolute atomic E-state index is 0.0188. The monoisotopic (exact) mass is 942 g/mol. The summed E-state index contributed by atoms with van der Waals surface area (Å²) >= 11 is 0. The van der Waals surface area contributed by atoms with Gasteiger partial charge >= 0.3 is 5.97 Å². The summed E-state index contributed by atoms with van der Waals surface area (Å²) in [5.74, 6) is 0.0825. The van der Waals surface area contributed by atoms with E-state index in [1.54, 1.807) is 19.9 Å². The van der Waals surface area contributed by atoms with E-state index in [4.69, 9.17) is 42.6 Å². The van der Waals surface area contributed by atoms with Crippen LogP contribution < -0.4 is 0 Å². The predicted octanol–water partition coefficient (Wildman–Crippen LogP) is 0.0423. The Morgan fingerprint density at radius 2 is 1.23 bits per heavy atom. The van der Waals surface area contributed by atoms with E-state index in [0.29, 0.717) is 18.8 Å². The van der Waals surface area contributed by atoms with Crippen molar-refractivity contribution in [3.05, 3.63) is 11.6 Å². The average Bonchev–Trinajstić information content (AvgIpc) is 3.82. The van der Waals surface area contributed by atoms with Crippen LogP contribution in [0, 0.1) is 34.5 Å². The average molecular weight is 943 g/mol. The van der Waals surface area contributed by atoms with Gasteiger partial charge in [0.25, 0.3) is 0 Å². The van der Waals surface area contributed by atoms with Gasteiger partial charge in [0.1, 0.15) is 49.3 Å². The summed E-state index contributed by atoms with van der Waals surface area (Å²) in [5.41, 5.74) is -0.989. The summed E-state index contributed by atoms with van der Waals surface area (Å²) in [6.07, 6.45) is -10.8. The third-order valence-electron chi connectivity index (χ3n) is 18.1. The number of ether oxygens (including phenoxy) is 9. The number of aliphatic hydroxyl groups is 9. The smallest absolute Gasteiger partial charge is 0.331 e. The third-order valence-corrected chi connectivity index (χ3v) is 18.1. The summed E-state index contributed by atoms with van der Waals surface area (Å²) in [7, 11) is 0. The van der Waals surface area contributed by atoms with Crippen molar-refractivity contribution in [2.75, 3.05) is 13.2 Å². The Bertz CT molecular complexity index is 1720. The fourth-order valence-corrected chi connectivity index (χ4v) is 14.3. The van der Waals surface area contributed by atoms with Crippen LogP contribution >= 0.6 is 0 Å². The number of cyclic esters (lactones) is 1. The minimum Gasteiger partial charge on any atom is -0.458 e. The number of aliphatic hydroxyl groups excluding tert-OH is 8. The Kier molecular flexibility index (Phi) is 14.2. The molecule has 0 spiro atoms. The van der Waals surface area contributed by atoms with Crippen LogP contribution in [0.25, 0.3) is 0 Å². The molecule has 376 valence electrons. The van der Waals surface area contributed by atoms with Gasteiger partial charge in [-0.05, 0) is 107 Å². The van der Waals surface area contributed by atoms with Crippen molar-refractivity contribution in [2.24, 2.45) is 34.5 Å². The molecule has 5 aliphatic heterocycles. The summed E-state index contributed by atoms with van der Waals surface area (Å²) in [4.78, 5) is 12.0. The van der Waals surface area contributed by atoms with Gasteiger partial charge in [0, 0.05) is 30.8 Å². The van der Waals surface area contributed by atoms with Crippen LogP contribution in [0.2, 0.25) is 0 Å². The molecule has 4 saturated carbocycles. The van der Waals surface area contributed by atoms with Crippen molar-refractivity contribution in [1.82, 2.24) is 0 Å². The topological polar surface area (TPSA) is 282 Å². The molecule has 9 aliphatic rings. The minimum atomic E-state index is -1.65. The molecule has 26 atom stereocenters. The van der Waals surface area contributed by atoms with Crippen LogP contribution in [0.3, 0.4) is 0 Å². The van der Waals surface area contributed by atoms with Gasteiger partial charge in [-0.1, -0.05) is 13.8 Å². The number of fused-ring (bicyclic) bond motifs is 5. The molecule has 0 amide bonds. The number of hydrogen-bond acceptors (Lipinski definition) is 19. The first-order valence-electron chi connectivity index (χ1n) is 24.5. The Hall–Kier alpha value is -1.47. The van der Waals surface area contributed by atoms with Gasteiger partial charge in [-0.3, -0.25) is 0 Å². The first-order valence-corrected chi connectivity index (χ1v) is 24.5. The van der Waals surface area contributed by atoms with E-state index in [-0.39, 0.29) is 61.1 Å². The summed E-state index contributed by atoms with van der Waals surface area (Å²) in [6, 6.07) is 0. The third kappa shape index (κ3) is 8.64. The Labute approximate surface area is 385 Å². The maximum atomic E-state index is 12.6. The lowest BCUT2D eigenvalue weighted by Crippen LogP contribution is -2.67. The molecule has 66 heavy (non-hydrogen) atoms. The highest BCUT2D eigenvalue weighted by atomic mass is 16.8. The molecule has 0 radical (unpaired) electrons. The van der Waals surface area contributed by atoms with Crippen LogP contribution in [0.4, 0.5) is 0 Å². The summed E-state index contributed by atoms with van der Waals surface area (Å²) in [6.45, 7) is 9.11. The van der Waals surface area contributed by atoms with E-state index in [0.717, 1.165) is 44.1 Å². The van der Waals surface area contributed by atoms with Gasteiger partial charge < -0.3 is 88.6 Å². The second-order valence-electron chi connectivity index (χ2n) is 21.6. The predicted molar refractivity (Wildman–Crippen MR) is 225 cm³/mol. The number of hydrogen-bond donors (Lipinski definition) is 9. The van der Waals surface area contributed by atoms with Crippen molar-refractivity contribution in [3.8, 4) is 0 Å². The van der Waals surface area contributed by atoms with Crippen LogP contribution in [-0.2, 0) is 47.4 Å². The van der Waals surface area contributed by atoms with Crippen molar-refractivity contribution >= 4 is 5.97 Å². The number of esters is 1. The van der Waals surface area contributed by atoms with Gasteiger partial charge in [0.05, 0.1) is 61.0 Å². The molecule has 19 nitrogen and oxygen atoms in total. The first kappa shape index (κ1) is 49.5. The molecule has 9 rings (SSSR count). The maximum absolute atomic E-state index is 12.6. The lowest BCUT2D eigenvalue weighted by atomic mass is 9.42. The van der Waals surface area contributed by atoms with Gasteiger partial charge in [-0.25, -0.2) is 4.79 Å². The quantitative estimate of drug-likeness (QED) is 0.103. The molecule has 8 fully saturated rings. The SMILES string of the molecule is CC1OC(OC2CC[C@@]3(C)C(CCC4C3C[C@H](O)[C@]3(C)C(C5=CC(=O)OC5)CCC43O)C2)CC(O)C1OC1CC(O)C(OC2CC(O)C(OC3OC(CO)C(O)C(O)C3O)C(C)O2)C(C)O1. The van der Waals surface area contributed by atoms with Crippen molar-refractivity contribution in [1.29, 1.82) is 0 Å². The van der Waals surface area contributed by atoms with E-state index in [2.05, 4.69) is 6.92 Å². The molecule has 4 saturated heterocycles. The normalized spacial score (nSPS) is 55.3. The van der Waals surface area contributed by atoms with Crippen molar-refractivity contribution in [2.45, 2.75) is 228 Å². The number of carbonyl (C=O) groups is 1. The van der Waals surface area contributed by atoms with E-state index in [9.17, 15) is 50.8 Å². The molecule has 5 heterocycles. The van der Waals surface area contributed by atoms with Gasteiger partial charge in [-0.2, -0.15) is 0 Å². The van der Waals surface area contributed by atoms with Gasteiger partial charge in [-0.15, -0.1) is 0 Å². The number of rotatable bonds is 10.